The lowest BCUT2D eigenvalue weighted by molar-refractivity contribution is -0.130. The Morgan fingerprint density at radius 2 is 1.79 bits per heavy atom. The highest BCUT2D eigenvalue weighted by atomic mass is 16.5. The fourth-order valence-corrected chi connectivity index (χ4v) is 3.64. The Labute approximate surface area is 168 Å². The van der Waals surface area contributed by atoms with Gasteiger partial charge in [0.2, 0.25) is 11.8 Å². The Bertz CT molecular complexity index is 667. The average molecular weight is 391 g/mol. The maximum absolute atomic E-state index is 12.9. The van der Waals surface area contributed by atoms with Gasteiger partial charge in [-0.3, -0.25) is 9.59 Å². The van der Waals surface area contributed by atoms with Crippen LogP contribution in [-0.2, 0) is 9.59 Å². The van der Waals surface area contributed by atoms with Crippen molar-refractivity contribution < 1.29 is 19.1 Å². The first-order valence-electron chi connectivity index (χ1n) is 10.2. The van der Waals surface area contributed by atoms with E-state index in [1.54, 1.807) is 32.4 Å². The molecule has 2 rings (SSSR count). The van der Waals surface area contributed by atoms with Crippen molar-refractivity contribution in [1.29, 1.82) is 0 Å². The van der Waals surface area contributed by atoms with E-state index in [1.165, 1.54) is 0 Å². The van der Waals surface area contributed by atoms with Gasteiger partial charge in [-0.05, 0) is 56.1 Å². The zero-order chi connectivity index (χ0) is 20.7. The van der Waals surface area contributed by atoms with Crippen LogP contribution in [0.5, 0.6) is 11.5 Å². The fraction of sp³-hybridized carbons (Fsp3) is 0.636. The number of carbonyl (C=O) groups is 2. The van der Waals surface area contributed by atoms with Crippen LogP contribution >= 0.6 is 0 Å². The Balaban J connectivity index is 2.07. The standard InChI is InChI=1S/C22H34N2O4/c1-14(2)12-19(24-21(25)16-8-6-15(3)7-9-16)22(26)23-18-11-10-17(27-4)13-20(18)28-5/h10-11,13-16,19H,6-9,12H2,1-5H3,(H,23,26)(H,24,25)/t15?,16?,19-/m1/s1. The highest BCUT2D eigenvalue weighted by Crippen LogP contribution is 2.30. The quantitative estimate of drug-likeness (QED) is 0.703. The molecule has 0 aliphatic heterocycles. The number of amides is 2. The number of carbonyl (C=O) groups excluding carboxylic acids is 2. The molecule has 0 unspecified atom stereocenters. The Morgan fingerprint density at radius 1 is 1.11 bits per heavy atom. The first-order valence-corrected chi connectivity index (χ1v) is 10.2. The van der Waals surface area contributed by atoms with E-state index in [-0.39, 0.29) is 23.7 Å². The lowest BCUT2D eigenvalue weighted by Crippen LogP contribution is -2.47. The molecule has 0 heterocycles. The minimum absolute atomic E-state index is 0.00519. The maximum atomic E-state index is 12.9. The fourth-order valence-electron chi connectivity index (χ4n) is 3.64. The van der Waals surface area contributed by atoms with Gasteiger partial charge in [0.15, 0.2) is 0 Å². The van der Waals surface area contributed by atoms with E-state index < -0.39 is 6.04 Å². The first-order chi connectivity index (χ1) is 13.3. The molecule has 1 fully saturated rings. The van der Waals surface area contributed by atoms with Gasteiger partial charge in [0, 0.05) is 12.0 Å². The first kappa shape index (κ1) is 22.1. The van der Waals surface area contributed by atoms with Gasteiger partial charge < -0.3 is 20.1 Å². The van der Waals surface area contributed by atoms with E-state index in [2.05, 4.69) is 17.6 Å². The summed E-state index contributed by atoms with van der Waals surface area (Å²) in [6.45, 7) is 6.32. The zero-order valence-corrected chi connectivity index (χ0v) is 17.7. The molecule has 0 saturated heterocycles. The number of rotatable bonds is 8. The third kappa shape index (κ3) is 6.14. The molecule has 0 aromatic heterocycles. The Hall–Kier alpha value is -2.24. The second-order valence-corrected chi connectivity index (χ2v) is 8.20. The Kier molecular flexibility index (Phi) is 8.15. The van der Waals surface area contributed by atoms with Crippen molar-refractivity contribution in [3.05, 3.63) is 18.2 Å². The summed E-state index contributed by atoms with van der Waals surface area (Å²) < 4.78 is 10.5. The smallest absolute Gasteiger partial charge is 0.247 e. The van der Waals surface area contributed by atoms with Gasteiger partial charge in [-0.1, -0.05) is 20.8 Å². The van der Waals surface area contributed by atoms with Gasteiger partial charge in [0.05, 0.1) is 19.9 Å². The van der Waals surface area contributed by atoms with E-state index in [4.69, 9.17) is 9.47 Å². The van der Waals surface area contributed by atoms with Crippen molar-refractivity contribution in [3.63, 3.8) is 0 Å². The van der Waals surface area contributed by atoms with Crippen LogP contribution in [-0.4, -0.2) is 32.1 Å². The van der Waals surface area contributed by atoms with Gasteiger partial charge in [0.25, 0.3) is 0 Å². The van der Waals surface area contributed by atoms with Crippen LogP contribution < -0.4 is 20.1 Å². The molecule has 6 heteroatoms. The minimum Gasteiger partial charge on any atom is -0.497 e. The number of methoxy groups -OCH3 is 2. The third-order valence-electron chi connectivity index (χ3n) is 5.39. The summed E-state index contributed by atoms with van der Waals surface area (Å²) in [4.78, 5) is 25.7. The molecule has 0 bridgehead atoms. The minimum atomic E-state index is -0.571. The summed E-state index contributed by atoms with van der Waals surface area (Å²) in [7, 11) is 3.12. The molecular formula is C22H34N2O4. The lowest BCUT2D eigenvalue weighted by Gasteiger charge is -2.28. The van der Waals surface area contributed by atoms with Crippen LogP contribution in [0.3, 0.4) is 0 Å². The van der Waals surface area contributed by atoms with Crippen molar-refractivity contribution in [2.45, 2.75) is 58.9 Å². The molecule has 156 valence electrons. The molecule has 2 N–H and O–H groups in total. The van der Waals surface area contributed by atoms with E-state index >= 15 is 0 Å². The second kappa shape index (κ2) is 10.3. The second-order valence-electron chi connectivity index (χ2n) is 8.20. The zero-order valence-electron chi connectivity index (χ0n) is 17.7. The molecule has 1 aromatic carbocycles. The molecule has 1 saturated carbocycles. The molecule has 6 nitrogen and oxygen atoms in total. The topological polar surface area (TPSA) is 76.7 Å². The van der Waals surface area contributed by atoms with Crippen LogP contribution in [0.15, 0.2) is 18.2 Å². The van der Waals surface area contributed by atoms with Crippen molar-refractivity contribution in [2.24, 2.45) is 17.8 Å². The highest BCUT2D eigenvalue weighted by Gasteiger charge is 2.29. The number of ether oxygens (including phenoxy) is 2. The molecule has 0 radical (unpaired) electrons. The monoisotopic (exact) mass is 390 g/mol. The normalized spacial score (nSPS) is 20.4. The van der Waals surface area contributed by atoms with Gasteiger partial charge in [0.1, 0.15) is 17.5 Å². The van der Waals surface area contributed by atoms with Crippen LogP contribution in [0, 0.1) is 17.8 Å². The van der Waals surface area contributed by atoms with Crippen LogP contribution in [0.4, 0.5) is 5.69 Å². The summed E-state index contributed by atoms with van der Waals surface area (Å²) >= 11 is 0. The molecule has 1 aliphatic rings. The summed E-state index contributed by atoms with van der Waals surface area (Å²) in [5.41, 5.74) is 0.558. The van der Waals surface area contributed by atoms with Gasteiger partial charge in [-0.15, -0.1) is 0 Å². The predicted molar refractivity (Wildman–Crippen MR) is 111 cm³/mol. The number of nitrogens with one attached hydrogen (secondary N) is 2. The van der Waals surface area contributed by atoms with Crippen LogP contribution in [0.2, 0.25) is 0 Å². The SMILES string of the molecule is COc1ccc(NC(=O)[C@@H](CC(C)C)NC(=O)C2CCC(C)CC2)c(OC)c1. The number of hydrogen-bond donors (Lipinski definition) is 2. The molecule has 28 heavy (non-hydrogen) atoms. The molecule has 2 amide bonds. The Morgan fingerprint density at radius 3 is 2.36 bits per heavy atom. The van der Waals surface area contributed by atoms with Crippen molar-refractivity contribution in [2.75, 3.05) is 19.5 Å². The van der Waals surface area contributed by atoms with Crippen LogP contribution in [0.1, 0.15) is 52.9 Å². The number of benzene rings is 1. The number of anilines is 1. The average Bonchev–Trinajstić information content (AvgIpc) is 2.67. The van der Waals surface area contributed by atoms with Crippen molar-refractivity contribution in [1.82, 2.24) is 5.32 Å². The van der Waals surface area contributed by atoms with E-state index in [0.29, 0.717) is 29.5 Å². The van der Waals surface area contributed by atoms with Crippen LogP contribution in [0.25, 0.3) is 0 Å². The van der Waals surface area contributed by atoms with Gasteiger partial charge in [-0.2, -0.15) is 0 Å². The maximum Gasteiger partial charge on any atom is 0.247 e. The van der Waals surface area contributed by atoms with E-state index in [1.807, 2.05) is 13.8 Å². The molecule has 1 atom stereocenters. The predicted octanol–water partition coefficient (Wildman–Crippen LogP) is 4.00. The van der Waals surface area contributed by atoms with E-state index in [0.717, 1.165) is 25.7 Å². The van der Waals surface area contributed by atoms with Gasteiger partial charge >= 0.3 is 0 Å². The van der Waals surface area contributed by atoms with Crippen molar-refractivity contribution >= 4 is 17.5 Å². The van der Waals surface area contributed by atoms with Gasteiger partial charge in [-0.25, -0.2) is 0 Å². The summed E-state index contributed by atoms with van der Waals surface area (Å²) in [5.74, 6) is 1.90. The lowest BCUT2D eigenvalue weighted by atomic mass is 9.82. The van der Waals surface area contributed by atoms with Crippen molar-refractivity contribution in [3.8, 4) is 11.5 Å². The molecular weight excluding hydrogens is 356 g/mol. The third-order valence-corrected chi connectivity index (χ3v) is 5.39. The summed E-state index contributed by atoms with van der Waals surface area (Å²) in [5, 5.41) is 5.90. The molecule has 1 aromatic rings. The number of hydrogen-bond acceptors (Lipinski definition) is 4. The van der Waals surface area contributed by atoms with E-state index in [9.17, 15) is 9.59 Å². The summed E-state index contributed by atoms with van der Waals surface area (Å²) in [6.07, 6.45) is 4.52. The summed E-state index contributed by atoms with van der Waals surface area (Å²) in [6, 6.07) is 4.65. The molecule has 1 aliphatic carbocycles. The highest BCUT2D eigenvalue weighted by molar-refractivity contribution is 5.98. The largest absolute Gasteiger partial charge is 0.497 e. The molecule has 0 spiro atoms.